The van der Waals surface area contributed by atoms with Crippen LogP contribution in [0.1, 0.15) is 25.0 Å². The standard InChI is InChI=1S/C21H29N3O3.HI/c1-5-22-21(24-14-17-12-18(26-4)10-11-19(17)25)23-13-16(3)27-20-9-7-6-8-15(20)2;/h6-12,16,25H,5,13-14H2,1-4H3,(H2,22,23,24);1H. The minimum absolute atomic E-state index is 0. The molecule has 0 spiro atoms. The molecule has 0 aromatic heterocycles. The highest BCUT2D eigenvalue weighted by atomic mass is 127. The largest absolute Gasteiger partial charge is 0.508 e. The third kappa shape index (κ3) is 7.46. The van der Waals surface area contributed by atoms with Crippen LogP contribution in [-0.2, 0) is 6.54 Å². The number of aryl methyl sites for hydroxylation is 1. The van der Waals surface area contributed by atoms with Gasteiger partial charge in [-0.25, -0.2) is 4.99 Å². The fourth-order valence-corrected chi connectivity index (χ4v) is 2.51. The van der Waals surface area contributed by atoms with Gasteiger partial charge in [-0.3, -0.25) is 0 Å². The summed E-state index contributed by atoms with van der Waals surface area (Å²) in [6.07, 6.45) is -0.0276. The number of rotatable bonds is 8. The summed E-state index contributed by atoms with van der Waals surface area (Å²) in [7, 11) is 1.60. The second kappa shape index (κ2) is 12.3. The van der Waals surface area contributed by atoms with Crippen LogP contribution < -0.4 is 20.1 Å². The Kier molecular flexibility index (Phi) is 10.5. The van der Waals surface area contributed by atoms with Crippen LogP contribution in [-0.4, -0.2) is 37.4 Å². The summed E-state index contributed by atoms with van der Waals surface area (Å²) in [5, 5.41) is 16.5. The van der Waals surface area contributed by atoms with Crippen molar-refractivity contribution >= 4 is 29.9 Å². The molecule has 6 nitrogen and oxygen atoms in total. The number of aliphatic imine (C=N–C) groups is 1. The van der Waals surface area contributed by atoms with Crippen molar-refractivity contribution in [2.75, 3.05) is 20.2 Å². The van der Waals surface area contributed by atoms with Gasteiger partial charge in [0, 0.05) is 12.1 Å². The minimum Gasteiger partial charge on any atom is -0.508 e. The maximum atomic E-state index is 10.00. The Labute approximate surface area is 184 Å². The summed E-state index contributed by atoms with van der Waals surface area (Å²) >= 11 is 0. The van der Waals surface area contributed by atoms with Gasteiger partial charge < -0.3 is 25.2 Å². The van der Waals surface area contributed by atoms with Crippen molar-refractivity contribution in [3.05, 3.63) is 53.6 Å². The van der Waals surface area contributed by atoms with Crippen LogP contribution in [0.3, 0.4) is 0 Å². The molecule has 0 amide bonds. The average molecular weight is 499 g/mol. The van der Waals surface area contributed by atoms with Gasteiger partial charge in [0.15, 0.2) is 5.96 Å². The summed E-state index contributed by atoms with van der Waals surface area (Å²) in [5.74, 6) is 2.44. The van der Waals surface area contributed by atoms with Crippen molar-refractivity contribution in [1.29, 1.82) is 0 Å². The lowest BCUT2D eigenvalue weighted by Gasteiger charge is -2.18. The van der Waals surface area contributed by atoms with E-state index in [1.54, 1.807) is 25.3 Å². The minimum atomic E-state index is -0.0276. The third-order valence-corrected chi connectivity index (χ3v) is 4.02. The molecule has 0 bridgehead atoms. The van der Waals surface area contributed by atoms with E-state index in [9.17, 15) is 5.11 Å². The number of hydrogen-bond acceptors (Lipinski definition) is 4. The Morgan fingerprint density at radius 2 is 1.93 bits per heavy atom. The lowest BCUT2D eigenvalue weighted by molar-refractivity contribution is 0.222. The zero-order valence-electron chi connectivity index (χ0n) is 16.9. The van der Waals surface area contributed by atoms with Gasteiger partial charge in [-0.2, -0.15) is 0 Å². The monoisotopic (exact) mass is 499 g/mol. The fraction of sp³-hybridized carbons (Fsp3) is 0.381. The first-order chi connectivity index (χ1) is 13.0. The Balaban J connectivity index is 0.00000392. The molecule has 0 radical (unpaired) electrons. The summed E-state index contributed by atoms with van der Waals surface area (Å²) in [6, 6.07) is 13.1. The van der Waals surface area contributed by atoms with Crippen molar-refractivity contribution in [2.45, 2.75) is 33.4 Å². The Morgan fingerprint density at radius 1 is 1.18 bits per heavy atom. The molecule has 7 heteroatoms. The number of phenolic OH excluding ortho intramolecular Hbond substituents is 1. The molecule has 3 N–H and O–H groups in total. The zero-order chi connectivity index (χ0) is 19.6. The normalized spacial score (nSPS) is 11.9. The molecule has 28 heavy (non-hydrogen) atoms. The quantitative estimate of drug-likeness (QED) is 0.292. The molecule has 0 saturated heterocycles. The molecule has 1 atom stereocenters. The number of ether oxygens (including phenoxy) is 2. The number of halogens is 1. The maximum absolute atomic E-state index is 10.00. The van der Waals surface area contributed by atoms with E-state index < -0.39 is 0 Å². The van der Waals surface area contributed by atoms with Gasteiger partial charge in [-0.1, -0.05) is 18.2 Å². The number of phenols is 1. The molecule has 0 saturated carbocycles. The maximum Gasteiger partial charge on any atom is 0.191 e. The fourth-order valence-electron chi connectivity index (χ4n) is 2.51. The second-order valence-corrected chi connectivity index (χ2v) is 6.26. The van der Waals surface area contributed by atoms with Gasteiger partial charge in [0.05, 0.1) is 20.2 Å². The van der Waals surface area contributed by atoms with E-state index in [-0.39, 0.29) is 35.8 Å². The van der Waals surface area contributed by atoms with Gasteiger partial charge in [0.2, 0.25) is 0 Å². The molecule has 0 aliphatic heterocycles. The van der Waals surface area contributed by atoms with E-state index in [2.05, 4.69) is 15.6 Å². The smallest absolute Gasteiger partial charge is 0.191 e. The van der Waals surface area contributed by atoms with Crippen molar-refractivity contribution in [2.24, 2.45) is 4.99 Å². The first-order valence-corrected chi connectivity index (χ1v) is 9.13. The van der Waals surface area contributed by atoms with Crippen LogP contribution in [0.2, 0.25) is 0 Å². The first kappa shape index (κ1) is 23.9. The molecule has 0 aliphatic rings. The van der Waals surface area contributed by atoms with E-state index in [4.69, 9.17) is 9.47 Å². The van der Waals surface area contributed by atoms with E-state index in [1.165, 1.54) is 0 Å². The van der Waals surface area contributed by atoms with Crippen molar-refractivity contribution < 1.29 is 14.6 Å². The molecule has 0 fully saturated rings. The summed E-state index contributed by atoms with van der Waals surface area (Å²) < 4.78 is 11.2. The topological polar surface area (TPSA) is 75.1 Å². The van der Waals surface area contributed by atoms with Crippen molar-refractivity contribution in [3.63, 3.8) is 0 Å². The Morgan fingerprint density at radius 3 is 2.61 bits per heavy atom. The Bertz CT molecular complexity index is 768. The lowest BCUT2D eigenvalue weighted by atomic mass is 10.2. The molecule has 154 valence electrons. The van der Waals surface area contributed by atoms with Crippen LogP contribution in [0.15, 0.2) is 47.5 Å². The van der Waals surface area contributed by atoms with Gasteiger partial charge in [0.1, 0.15) is 23.4 Å². The van der Waals surface area contributed by atoms with E-state index >= 15 is 0 Å². The molecule has 0 heterocycles. The van der Waals surface area contributed by atoms with Gasteiger partial charge in [-0.15, -0.1) is 24.0 Å². The highest BCUT2D eigenvalue weighted by Crippen LogP contribution is 2.23. The predicted octanol–water partition coefficient (Wildman–Crippen LogP) is 3.85. The highest BCUT2D eigenvalue weighted by molar-refractivity contribution is 14.0. The van der Waals surface area contributed by atoms with Crippen molar-refractivity contribution in [3.8, 4) is 17.2 Å². The zero-order valence-corrected chi connectivity index (χ0v) is 19.2. The van der Waals surface area contributed by atoms with Crippen LogP contribution in [0.5, 0.6) is 17.2 Å². The second-order valence-electron chi connectivity index (χ2n) is 6.26. The van der Waals surface area contributed by atoms with Crippen LogP contribution in [0, 0.1) is 6.92 Å². The first-order valence-electron chi connectivity index (χ1n) is 9.13. The van der Waals surface area contributed by atoms with E-state index in [1.807, 2.05) is 45.0 Å². The van der Waals surface area contributed by atoms with E-state index in [0.717, 1.165) is 17.9 Å². The number of para-hydroxylation sites is 1. The van der Waals surface area contributed by atoms with Gasteiger partial charge in [0.25, 0.3) is 0 Å². The number of guanidine groups is 1. The number of nitrogens with zero attached hydrogens (tertiary/aromatic N) is 1. The number of benzene rings is 2. The Hall–Kier alpha value is -2.16. The average Bonchev–Trinajstić information content (AvgIpc) is 2.67. The van der Waals surface area contributed by atoms with Crippen molar-refractivity contribution in [1.82, 2.24) is 10.6 Å². The number of nitrogens with one attached hydrogen (secondary N) is 2. The number of methoxy groups -OCH3 is 1. The molecule has 1 unspecified atom stereocenters. The summed E-state index contributed by atoms with van der Waals surface area (Å²) in [6.45, 7) is 7.73. The predicted molar refractivity (Wildman–Crippen MR) is 124 cm³/mol. The molecule has 2 aromatic carbocycles. The molecule has 2 rings (SSSR count). The lowest BCUT2D eigenvalue weighted by Crippen LogP contribution is -2.41. The molecule has 2 aromatic rings. The van der Waals surface area contributed by atoms with Gasteiger partial charge >= 0.3 is 0 Å². The number of hydrogen-bond donors (Lipinski definition) is 3. The van der Waals surface area contributed by atoms with Crippen LogP contribution in [0.4, 0.5) is 0 Å². The SMILES string of the molecule is CCNC(=NCc1cc(OC)ccc1O)NCC(C)Oc1ccccc1C.I. The van der Waals surface area contributed by atoms with Crippen LogP contribution >= 0.6 is 24.0 Å². The summed E-state index contributed by atoms with van der Waals surface area (Å²) in [5.41, 5.74) is 1.81. The molecular weight excluding hydrogens is 469 g/mol. The summed E-state index contributed by atoms with van der Waals surface area (Å²) in [4.78, 5) is 4.54. The molecular formula is C21H30IN3O3. The van der Waals surface area contributed by atoms with Crippen LogP contribution in [0.25, 0.3) is 0 Å². The van der Waals surface area contributed by atoms with E-state index in [0.29, 0.717) is 30.4 Å². The van der Waals surface area contributed by atoms with Gasteiger partial charge in [-0.05, 0) is 50.6 Å². The third-order valence-electron chi connectivity index (χ3n) is 4.02. The number of aromatic hydroxyl groups is 1. The highest BCUT2D eigenvalue weighted by Gasteiger charge is 2.08. The molecule has 0 aliphatic carbocycles.